The summed E-state index contributed by atoms with van der Waals surface area (Å²) in [4.78, 5) is 14.0. The molecule has 0 aromatic heterocycles. The van der Waals surface area contributed by atoms with Crippen LogP contribution in [0.15, 0.2) is 30.3 Å². The van der Waals surface area contributed by atoms with Gasteiger partial charge in [-0.3, -0.25) is 4.79 Å². The van der Waals surface area contributed by atoms with Crippen LogP contribution in [0.25, 0.3) is 0 Å². The van der Waals surface area contributed by atoms with E-state index in [-0.39, 0.29) is 17.9 Å². The monoisotopic (exact) mass is 337 g/mol. The van der Waals surface area contributed by atoms with Crippen LogP contribution in [0.1, 0.15) is 18.4 Å². The topological polar surface area (TPSA) is 60.9 Å². The maximum atomic E-state index is 12.9. The quantitative estimate of drug-likeness (QED) is 0.821. The van der Waals surface area contributed by atoms with Crippen molar-refractivity contribution in [3.8, 4) is 0 Å². The van der Waals surface area contributed by atoms with Crippen LogP contribution in [0.5, 0.6) is 0 Å². The third-order valence-electron chi connectivity index (χ3n) is 4.90. The Morgan fingerprint density at radius 1 is 1.17 bits per heavy atom. The zero-order valence-electron chi connectivity index (χ0n) is 13.6. The molecule has 3 heterocycles. The number of likely N-dealkylation sites (N-methyl/N-ethyl adjacent to an activating group) is 1. The fraction of sp³-hybridized carbons (Fsp3) is 0.562. The maximum absolute atomic E-state index is 12.9. The summed E-state index contributed by atoms with van der Waals surface area (Å²) in [6.45, 7) is 1.01. The van der Waals surface area contributed by atoms with Crippen molar-refractivity contribution in [1.29, 1.82) is 0 Å². The molecule has 0 saturated carbocycles. The van der Waals surface area contributed by atoms with E-state index in [2.05, 4.69) is 0 Å². The summed E-state index contributed by atoms with van der Waals surface area (Å²) >= 11 is 0. The van der Waals surface area contributed by atoms with Crippen molar-refractivity contribution >= 4 is 16.1 Å². The van der Waals surface area contributed by atoms with E-state index in [1.165, 1.54) is 8.61 Å². The van der Waals surface area contributed by atoms with Gasteiger partial charge in [-0.15, -0.1) is 0 Å². The summed E-state index contributed by atoms with van der Waals surface area (Å²) in [5.41, 5.74) is 0.949. The first-order chi connectivity index (χ1) is 10.9. The molecule has 7 heteroatoms. The first-order valence-corrected chi connectivity index (χ1v) is 9.31. The lowest BCUT2D eigenvalue weighted by molar-refractivity contribution is -0.138. The highest BCUT2D eigenvalue weighted by Crippen LogP contribution is 2.30. The van der Waals surface area contributed by atoms with E-state index in [0.717, 1.165) is 18.4 Å². The predicted molar refractivity (Wildman–Crippen MR) is 87.7 cm³/mol. The highest BCUT2D eigenvalue weighted by Gasteiger charge is 2.43. The number of hydrogen-bond donors (Lipinski definition) is 0. The molecule has 2 bridgehead atoms. The number of rotatable bonds is 4. The van der Waals surface area contributed by atoms with E-state index in [9.17, 15) is 13.2 Å². The van der Waals surface area contributed by atoms with Crippen molar-refractivity contribution in [2.24, 2.45) is 5.92 Å². The molecule has 3 fully saturated rings. The van der Waals surface area contributed by atoms with Crippen LogP contribution in [-0.2, 0) is 21.5 Å². The van der Waals surface area contributed by atoms with Gasteiger partial charge in [-0.25, -0.2) is 0 Å². The van der Waals surface area contributed by atoms with E-state index in [1.807, 2.05) is 30.3 Å². The number of carbonyl (C=O) groups excluding carboxylic acids is 1. The van der Waals surface area contributed by atoms with Gasteiger partial charge in [0.15, 0.2) is 0 Å². The first kappa shape index (κ1) is 16.4. The molecule has 4 rings (SSSR count). The van der Waals surface area contributed by atoms with Gasteiger partial charge in [0, 0.05) is 39.8 Å². The molecule has 23 heavy (non-hydrogen) atoms. The molecular formula is C16H23N3O3S. The van der Waals surface area contributed by atoms with Crippen LogP contribution in [0.2, 0.25) is 0 Å². The van der Waals surface area contributed by atoms with E-state index < -0.39 is 10.2 Å². The number of amides is 1. The maximum Gasteiger partial charge on any atom is 0.282 e. The molecule has 3 aliphatic rings. The summed E-state index contributed by atoms with van der Waals surface area (Å²) in [5.74, 6) is -0.136. The molecule has 126 valence electrons. The van der Waals surface area contributed by atoms with Crippen molar-refractivity contribution in [1.82, 2.24) is 13.5 Å². The summed E-state index contributed by atoms with van der Waals surface area (Å²) in [7, 11) is -0.190. The van der Waals surface area contributed by atoms with E-state index in [0.29, 0.717) is 19.6 Å². The Morgan fingerprint density at radius 2 is 1.87 bits per heavy atom. The second kappa shape index (κ2) is 6.22. The molecule has 1 amide bonds. The summed E-state index contributed by atoms with van der Waals surface area (Å²) in [6, 6.07) is 9.52. The van der Waals surface area contributed by atoms with Crippen LogP contribution < -0.4 is 0 Å². The second-order valence-electron chi connectivity index (χ2n) is 6.44. The van der Waals surface area contributed by atoms with Gasteiger partial charge in [-0.05, 0) is 18.4 Å². The minimum absolute atomic E-state index is 0.0128. The Kier molecular flexibility index (Phi) is 4.44. The Hall–Kier alpha value is -1.44. The number of nitrogens with zero attached hydrogens (tertiary/aromatic N) is 3. The predicted octanol–water partition coefficient (Wildman–Crippen LogP) is 0.916. The van der Waals surface area contributed by atoms with Gasteiger partial charge in [0.1, 0.15) is 0 Å². The van der Waals surface area contributed by atoms with Gasteiger partial charge < -0.3 is 4.90 Å². The molecule has 2 atom stereocenters. The normalized spacial score (nSPS) is 25.9. The van der Waals surface area contributed by atoms with E-state index >= 15 is 0 Å². The van der Waals surface area contributed by atoms with E-state index in [4.69, 9.17) is 0 Å². The Labute approximate surface area is 137 Å². The molecule has 1 aromatic carbocycles. The van der Waals surface area contributed by atoms with Gasteiger partial charge >= 0.3 is 0 Å². The number of piperidine rings is 1. The molecule has 0 spiro atoms. The number of hydrogen-bond acceptors (Lipinski definition) is 3. The van der Waals surface area contributed by atoms with Gasteiger partial charge in [0.05, 0.1) is 5.92 Å². The molecule has 0 radical (unpaired) electrons. The molecule has 6 nitrogen and oxygen atoms in total. The highest BCUT2D eigenvalue weighted by molar-refractivity contribution is 7.86. The third-order valence-corrected chi connectivity index (χ3v) is 6.77. The van der Waals surface area contributed by atoms with Crippen molar-refractivity contribution in [2.75, 3.05) is 27.2 Å². The molecule has 3 saturated heterocycles. The molecule has 0 N–H and O–H groups in total. The second-order valence-corrected chi connectivity index (χ2v) is 8.48. The summed E-state index contributed by atoms with van der Waals surface area (Å²) in [5, 5.41) is 0. The average molecular weight is 337 g/mol. The van der Waals surface area contributed by atoms with Crippen LogP contribution >= 0.6 is 0 Å². The number of benzene rings is 1. The van der Waals surface area contributed by atoms with Crippen molar-refractivity contribution in [3.05, 3.63) is 35.9 Å². The lowest BCUT2D eigenvalue weighted by Crippen LogP contribution is -2.46. The van der Waals surface area contributed by atoms with Gasteiger partial charge in [0.25, 0.3) is 10.2 Å². The first-order valence-electron chi connectivity index (χ1n) is 7.91. The van der Waals surface area contributed by atoms with Crippen LogP contribution in [-0.4, -0.2) is 61.1 Å². The highest BCUT2D eigenvalue weighted by atomic mass is 32.2. The van der Waals surface area contributed by atoms with Gasteiger partial charge in [-0.1, -0.05) is 30.3 Å². The molecule has 3 aliphatic heterocycles. The van der Waals surface area contributed by atoms with E-state index in [1.54, 1.807) is 19.0 Å². The zero-order valence-corrected chi connectivity index (χ0v) is 14.4. The standard InChI is InChI=1S/C16H23N3O3S/c1-17(10-13-6-4-3-5-7-13)23(21,22)19-11-14-8-9-15(12-19)18(2)16(14)20/h3-7,14-15H,8-12H2,1-2H3/t14-,15+/m0/s1. The minimum atomic E-state index is -3.57. The molecule has 0 aliphatic carbocycles. The lowest BCUT2D eigenvalue weighted by atomic mass is 9.95. The van der Waals surface area contributed by atoms with Crippen molar-refractivity contribution in [3.63, 3.8) is 0 Å². The van der Waals surface area contributed by atoms with Crippen LogP contribution in [0.4, 0.5) is 0 Å². The molecular weight excluding hydrogens is 314 g/mol. The Balaban J connectivity index is 1.78. The fourth-order valence-electron chi connectivity index (χ4n) is 3.42. The Bertz CT molecular complexity index is 677. The number of carbonyl (C=O) groups is 1. The fourth-order valence-corrected chi connectivity index (χ4v) is 4.86. The molecule has 1 aromatic rings. The van der Waals surface area contributed by atoms with Crippen LogP contribution in [0, 0.1) is 5.92 Å². The third kappa shape index (κ3) is 3.13. The average Bonchev–Trinajstić information content (AvgIpc) is 2.82. The molecule has 0 unspecified atom stereocenters. The van der Waals surface area contributed by atoms with Crippen molar-refractivity contribution < 1.29 is 13.2 Å². The smallest absolute Gasteiger partial charge is 0.282 e. The minimum Gasteiger partial charge on any atom is -0.341 e. The van der Waals surface area contributed by atoms with Gasteiger partial charge in [0.2, 0.25) is 5.91 Å². The zero-order chi connectivity index (χ0) is 16.6. The lowest BCUT2D eigenvalue weighted by Gasteiger charge is -2.32. The SMILES string of the molecule is CN1C(=O)[C@H]2CC[C@@H]1CN(S(=O)(=O)N(C)Cc1ccccc1)C2. The largest absolute Gasteiger partial charge is 0.341 e. The van der Waals surface area contributed by atoms with Gasteiger partial charge in [-0.2, -0.15) is 17.0 Å². The summed E-state index contributed by atoms with van der Waals surface area (Å²) < 4.78 is 28.7. The number of fused-ring (bicyclic) bond motifs is 4. The van der Waals surface area contributed by atoms with Crippen LogP contribution in [0.3, 0.4) is 0 Å². The van der Waals surface area contributed by atoms with Crippen molar-refractivity contribution in [2.45, 2.75) is 25.4 Å². The summed E-state index contributed by atoms with van der Waals surface area (Å²) in [6.07, 6.45) is 1.66. The Morgan fingerprint density at radius 3 is 2.57 bits per heavy atom.